The lowest BCUT2D eigenvalue weighted by molar-refractivity contribution is -0.117. The van der Waals surface area contributed by atoms with Gasteiger partial charge in [0.2, 0.25) is 5.91 Å². The Morgan fingerprint density at radius 3 is 2.79 bits per heavy atom. The number of nitrogens with zero attached hydrogens (tertiary/aromatic N) is 2. The first-order valence-electron chi connectivity index (χ1n) is 9.44. The number of hydrogen-bond donors (Lipinski definition) is 2. The van der Waals surface area contributed by atoms with E-state index in [0.29, 0.717) is 0 Å². The van der Waals surface area contributed by atoms with Crippen LogP contribution in [0, 0.1) is 0 Å². The van der Waals surface area contributed by atoms with Gasteiger partial charge < -0.3 is 15.6 Å². The summed E-state index contributed by atoms with van der Waals surface area (Å²) in [4.78, 5) is 17.0. The van der Waals surface area contributed by atoms with E-state index in [2.05, 4.69) is 44.4 Å². The summed E-state index contributed by atoms with van der Waals surface area (Å²) in [5, 5.41) is 2.97. The lowest BCUT2D eigenvalue weighted by Gasteiger charge is -2.29. The minimum atomic E-state index is -0.579. The SMILES string of the molecule is Cn1cncc1-c1ccc(NC(=O)[C@@H](N)[C@@H]2CCCc3ccc(Br)cc32)cc1. The van der Waals surface area contributed by atoms with Crippen LogP contribution < -0.4 is 11.1 Å². The van der Waals surface area contributed by atoms with Crippen molar-refractivity contribution in [3.63, 3.8) is 0 Å². The summed E-state index contributed by atoms with van der Waals surface area (Å²) >= 11 is 3.54. The van der Waals surface area contributed by atoms with Crippen LogP contribution in [0.3, 0.4) is 0 Å². The van der Waals surface area contributed by atoms with Gasteiger partial charge in [0, 0.05) is 23.1 Å². The molecule has 0 radical (unpaired) electrons. The molecular formula is C22H23BrN4O. The average Bonchev–Trinajstić information content (AvgIpc) is 3.13. The number of aryl methyl sites for hydroxylation is 2. The normalized spacial score (nSPS) is 17.0. The molecule has 5 nitrogen and oxygen atoms in total. The topological polar surface area (TPSA) is 72.9 Å². The number of halogens is 1. The number of anilines is 1. The summed E-state index contributed by atoms with van der Waals surface area (Å²) in [6, 6.07) is 13.5. The van der Waals surface area contributed by atoms with Gasteiger partial charge in [-0.05, 0) is 60.2 Å². The van der Waals surface area contributed by atoms with Crippen molar-refractivity contribution in [2.24, 2.45) is 12.8 Å². The number of amides is 1. The van der Waals surface area contributed by atoms with Crippen LogP contribution in [0.25, 0.3) is 11.3 Å². The number of fused-ring (bicyclic) bond motifs is 1. The molecule has 0 fully saturated rings. The summed E-state index contributed by atoms with van der Waals surface area (Å²) in [5.74, 6) is -0.110. The minimum absolute atomic E-state index is 0.0370. The van der Waals surface area contributed by atoms with E-state index in [9.17, 15) is 4.79 Å². The Bertz CT molecular complexity index is 996. The van der Waals surface area contributed by atoms with Crippen molar-refractivity contribution in [1.82, 2.24) is 9.55 Å². The van der Waals surface area contributed by atoms with E-state index < -0.39 is 6.04 Å². The first kappa shape index (κ1) is 18.9. The highest BCUT2D eigenvalue weighted by atomic mass is 79.9. The van der Waals surface area contributed by atoms with E-state index in [1.807, 2.05) is 42.1 Å². The zero-order valence-electron chi connectivity index (χ0n) is 15.7. The van der Waals surface area contributed by atoms with Gasteiger partial charge in [-0.2, -0.15) is 0 Å². The molecular weight excluding hydrogens is 416 g/mol. The Balaban J connectivity index is 1.48. The molecule has 0 unspecified atom stereocenters. The number of nitrogens with one attached hydrogen (secondary N) is 1. The standard InChI is InChI=1S/C22H23BrN4O/c1-27-13-25-12-20(27)15-6-9-17(10-7-15)26-22(28)21(24)18-4-2-3-14-5-8-16(23)11-19(14)18/h5-13,18,21H,2-4,24H2,1H3,(H,26,28)/t18-,21+/m1/s1. The van der Waals surface area contributed by atoms with Crippen molar-refractivity contribution < 1.29 is 4.79 Å². The molecule has 3 N–H and O–H groups in total. The van der Waals surface area contributed by atoms with Crippen molar-refractivity contribution in [1.29, 1.82) is 0 Å². The Kier molecular flexibility index (Phi) is 5.33. The summed E-state index contributed by atoms with van der Waals surface area (Å²) in [6.45, 7) is 0. The predicted octanol–water partition coefficient (Wildman–Crippen LogP) is 4.24. The monoisotopic (exact) mass is 438 g/mol. The van der Waals surface area contributed by atoms with E-state index in [-0.39, 0.29) is 11.8 Å². The van der Waals surface area contributed by atoms with Crippen LogP contribution in [-0.2, 0) is 18.3 Å². The van der Waals surface area contributed by atoms with Crippen LogP contribution >= 0.6 is 15.9 Å². The number of rotatable bonds is 4. The number of carbonyl (C=O) groups is 1. The van der Waals surface area contributed by atoms with E-state index in [1.165, 1.54) is 11.1 Å². The van der Waals surface area contributed by atoms with Gasteiger partial charge >= 0.3 is 0 Å². The average molecular weight is 439 g/mol. The van der Waals surface area contributed by atoms with Crippen molar-refractivity contribution in [2.45, 2.75) is 31.2 Å². The van der Waals surface area contributed by atoms with Crippen LogP contribution in [0.4, 0.5) is 5.69 Å². The van der Waals surface area contributed by atoms with E-state index >= 15 is 0 Å². The molecule has 144 valence electrons. The molecule has 6 heteroatoms. The van der Waals surface area contributed by atoms with Crippen LogP contribution in [0.2, 0.25) is 0 Å². The highest BCUT2D eigenvalue weighted by molar-refractivity contribution is 9.10. The first-order valence-corrected chi connectivity index (χ1v) is 10.2. The second-order valence-corrected chi connectivity index (χ2v) is 8.24. The van der Waals surface area contributed by atoms with Gasteiger partial charge in [0.25, 0.3) is 0 Å². The molecule has 3 aromatic rings. The largest absolute Gasteiger partial charge is 0.334 e. The molecule has 0 spiro atoms. The molecule has 1 aromatic heterocycles. The first-order chi connectivity index (χ1) is 13.5. The maximum absolute atomic E-state index is 12.8. The maximum atomic E-state index is 12.8. The summed E-state index contributed by atoms with van der Waals surface area (Å²) < 4.78 is 2.99. The second-order valence-electron chi connectivity index (χ2n) is 7.32. The second kappa shape index (κ2) is 7.89. The van der Waals surface area contributed by atoms with E-state index in [0.717, 1.165) is 40.7 Å². The maximum Gasteiger partial charge on any atom is 0.241 e. The molecule has 2 aromatic carbocycles. The Morgan fingerprint density at radius 2 is 2.07 bits per heavy atom. The van der Waals surface area contributed by atoms with Gasteiger partial charge in [-0.3, -0.25) is 4.79 Å². The van der Waals surface area contributed by atoms with Crippen molar-refractivity contribution in [3.05, 3.63) is 70.6 Å². The van der Waals surface area contributed by atoms with Crippen LogP contribution in [-0.4, -0.2) is 21.5 Å². The van der Waals surface area contributed by atoms with Crippen LogP contribution in [0.1, 0.15) is 29.9 Å². The molecule has 0 aliphatic heterocycles. The Morgan fingerprint density at radius 1 is 1.29 bits per heavy atom. The molecule has 2 atom stereocenters. The lowest BCUT2D eigenvalue weighted by atomic mass is 9.79. The van der Waals surface area contributed by atoms with Gasteiger partial charge in [0.15, 0.2) is 0 Å². The number of imidazole rings is 1. The molecule has 1 heterocycles. The van der Waals surface area contributed by atoms with Crippen molar-refractivity contribution >= 4 is 27.5 Å². The molecule has 1 aliphatic rings. The van der Waals surface area contributed by atoms with Gasteiger partial charge in [-0.1, -0.05) is 34.1 Å². The molecule has 28 heavy (non-hydrogen) atoms. The van der Waals surface area contributed by atoms with E-state index in [4.69, 9.17) is 5.73 Å². The quantitative estimate of drug-likeness (QED) is 0.639. The van der Waals surface area contributed by atoms with Gasteiger partial charge in [0.05, 0.1) is 24.3 Å². The lowest BCUT2D eigenvalue weighted by Crippen LogP contribution is -2.41. The fourth-order valence-electron chi connectivity index (χ4n) is 3.95. The number of carbonyl (C=O) groups excluding carboxylic acids is 1. The highest BCUT2D eigenvalue weighted by Gasteiger charge is 2.30. The number of aromatic nitrogens is 2. The van der Waals surface area contributed by atoms with Gasteiger partial charge in [0.1, 0.15) is 0 Å². The van der Waals surface area contributed by atoms with Crippen LogP contribution in [0.5, 0.6) is 0 Å². The fourth-order valence-corrected chi connectivity index (χ4v) is 4.33. The highest BCUT2D eigenvalue weighted by Crippen LogP contribution is 2.35. The number of benzene rings is 2. The van der Waals surface area contributed by atoms with Crippen molar-refractivity contribution in [3.8, 4) is 11.3 Å². The summed E-state index contributed by atoms with van der Waals surface area (Å²) in [5.41, 5.74) is 11.7. The van der Waals surface area contributed by atoms with Gasteiger partial charge in [-0.15, -0.1) is 0 Å². The molecule has 0 bridgehead atoms. The Hall–Kier alpha value is -2.44. The smallest absolute Gasteiger partial charge is 0.241 e. The molecule has 1 aliphatic carbocycles. The van der Waals surface area contributed by atoms with Crippen molar-refractivity contribution in [2.75, 3.05) is 5.32 Å². The molecule has 0 saturated heterocycles. The molecule has 1 amide bonds. The third kappa shape index (κ3) is 3.75. The predicted molar refractivity (Wildman–Crippen MR) is 115 cm³/mol. The third-order valence-corrected chi connectivity index (χ3v) is 5.96. The van der Waals surface area contributed by atoms with Gasteiger partial charge in [-0.25, -0.2) is 4.98 Å². The van der Waals surface area contributed by atoms with Crippen LogP contribution in [0.15, 0.2) is 59.5 Å². The molecule has 4 rings (SSSR count). The summed E-state index contributed by atoms with van der Waals surface area (Å²) in [7, 11) is 1.96. The van der Waals surface area contributed by atoms with E-state index in [1.54, 1.807) is 6.33 Å². The summed E-state index contributed by atoms with van der Waals surface area (Å²) in [6.07, 6.45) is 6.62. The number of nitrogens with two attached hydrogens (primary N) is 1. The zero-order valence-corrected chi connectivity index (χ0v) is 17.3. The molecule has 0 saturated carbocycles. The third-order valence-electron chi connectivity index (χ3n) is 5.47. The minimum Gasteiger partial charge on any atom is -0.334 e. The Labute approximate surface area is 173 Å². The number of hydrogen-bond acceptors (Lipinski definition) is 3. The zero-order chi connectivity index (χ0) is 19.7. The fraction of sp³-hybridized carbons (Fsp3) is 0.273.